The number of hydrogen-bond donors (Lipinski definition) is 3. The number of hydrogen-bond acceptors (Lipinski definition) is 3. The van der Waals surface area contributed by atoms with Crippen molar-refractivity contribution in [1.29, 1.82) is 0 Å². The van der Waals surface area contributed by atoms with Crippen molar-refractivity contribution < 1.29 is 9.90 Å². The molecule has 4 nitrogen and oxygen atoms in total. The zero-order valence-electron chi connectivity index (χ0n) is 7.83. The van der Waals surface area contributed by atoms with E-state index in [9.17, 15) is 4.79 Å². The highest BCUT2D eigenvalue weighted by molar-refractivity contribution is 5.78. The number of carbonyl (C=O) groups is 1. The molecule has 1 fully saturated rings. The Morgan fingerprint density at radius 2 is 2.31 bits per heavy atom. The summed E-state index contributed by atoms with van der Waals surface area (Å²) in [5.74, 6) is 0.204. The van der Waals surface area contributed by atoms with Crippen molar-refractivity contribution in [2.24, 2.45) is 11.7 Å². The van der Waals surface area contributed by atoms with Crippen molar-refractivity contribution >= 4 is 5.91 Å². The average Bonchev–Trinajstić information content (AvgIpc) is 2.52. The second kappa shape index (κ2) is 5.19. The molecular weight excluding hydrogens is 168 g/mol. The molecule has 0 aromatic heterocycles. The van der Waals surface area contributed by atoms with Crippen LogP contribution < -0.4 is 11.1 Å². The van der Waals surface area contributed by atoms with Gasteiger partial charge in [-0.15, -0.1) is 0 Å². The SMILES string of the molecule is NC1CCC(C(=O)NCCCO)C1. The van der Waals surface area contributed by atoms with Crippen molar-refractivity contribution in [2.45, 2.75) is 31.7 Å². The van der Waals surface area contributed by atoms with Gasteiger partial charge in [-0.1, -0.05) is 0 Å². The van der Waals surface area contributed by atoms with Crippen LogP contribution in [0.5, 0.6) is 0 Å². The Morgan fingerprint density at radius 1 is 1.54 bits per heavy atom. The van der Waals surface area contributed by atoms with Crippen LogP contribution in [-0.2, 0) is 4.79 Å². The van der Waals surface area contributed by atoms with Gasteiger partial charge in [0.15, 0.2) is 0 Å². The molecule has 0 saturated heterocycles. The van der Waals surface area contributed by atoms with Crippen molar-refractivity contribution in [3.05, 3.63) is 0 Å². The maximum atomic E-state index is 11.4. The average molecular weight is 186 g/mol. The van der Waals surface area contributed by atoms with Gasteiger partial charge in [-0.3, -0.25) is 4.79 Å². The molecule has 0 spiro atoms. The smallest absolute Gasteiger partial charge is 0.223 e. The van der Waals surface area contributed by atoms with Crippen LogP contribution in [0.2, 0.25) is 0 Å². The van der Waals surface area contributed by atoms with E-state index in [0.717, 1.165) is 19.3 Å². The Bertz CT molecular complexity index is 173. The van der Waals surface area contributed by atoms with Gasteiger partial charge < -0.3 is 16.2 Å². The number of nitrogens with two attached hydrogens (primary N) is 1. The van der Waals surface area contributed by atoms with Crippen molar-refractivity contribution in [3.63, 3.8) is 0 Å². The monoisotopic (exact) mass is 186 g/mol. The fourth-order valence-corrected chi connectivity index (χ4v) is 1.69. The Kier molecular flexibility index (Phi) is 4.18. The first kappa shape index (κ1) is 10.5. The number of carbonyl (C=O) groups excluding carboxylic acids is 1. The van der Waals surface area contributed by atoms with E-state index in [0.29, 0.717) is 13.0 Å². The van der Waals surface area contributed by atoms with Crippen LogP contribution in [0.4, 0.5) is 0 Å². The van der Waals surface area contributed by atoms with Crippen LogP contribution in [0.15, 0.2) is 0 Å². The third-order valence-electron chi connectivity index (χ3n) is 2.48. The Labute approximate surface area is 78.5 Å². The second-order valence-corrected chi connectivity index (χ2v) is 3.64. The van der Waals surface area contributed by atoms with Gasteiger partial charge in [-0.2, -0.15) is 0 Å². The van der Waals surface area contributed by atoms with Crippen LogP contribution in [0.3, 0.4) is 0 Å². The maximum Gasteiger partial charge on any atom is 0.223 e. The molecule has 0 aromatic carbocycles. The second-order valence-electron chi connectivity index (χ2n) is 3.64. The maximum absolute atomic E-state index is 11.4. The quantitative estimate of drug-likeness (QED) is 0.523. The molecule has 0 bridgehead atoms. The molecule has 0 radical (unpaired) electrons. The number of aliphatic hydroxyl groups excluding tert-OH is 1. The van der Waals surface area contributed by atoms with E-state index in [1.54, 1.807) is 0 Å². The largest absolute Gasteiger partial charge is 0.396 e. The van der Waals surface area contributed by atoms with Gasteiger partial charge in [0.1, 0.15) is 0 Å². The predicted molar refractivity (Wildman–Crippen MR) is 50.0 cm³/mol. The van der Waals surface area contributed by atoms with Gasteiger partial charge >= 0.3 is 0 Å². The summed E-state index contributed by atoms with van der Waals surface area (Å²) in [7, 11) is 0. The molecule has 0 heterocycles. The Balaban J connectivity index is 2.16. The lowest BCUT2D eigenvalue weighted by atomic mass is 10.1. The molecule has 4 N–H and O–H groups in total. The van der Waals surface area contributed by atoms with E-state index in [4.69, 9.17) is 10.8 Å². The van der Waals surface area contributed by atoms with E-state index in [-0.39, 0.29) is 24.5 Å². The lowest BCUT2D eigenvalue weighted by Crippen LogP contribution is -2.31. The van der Waals surface area contributed by atoms with Crippen LogP contribution in [-0.4, -0.2) is 30.2 Å². The molecule has 76 valence electrons. The Hall–Kier alpha value is -0.610. The minimum Gasteiger partial charge on any atom is -0.396 e. The van der Waals surface area contributed by atoms with Gasteiger partial charge in [-0.25, -0.2) is 0 Å². The first-order chi connectivity index (χ1) is 6.24. The van der Waals surface area contributed by atoms with Crippen LogP contribution >= 0.6 is 0 Å². The summed E-state index contributed by atoms with van der Waals surface area (Å²) in [6.45, 7) is 0.700. The molecule has 13 heavy (non-hydrogen) atoms. The fourth-order valence-electron chi connectivity index (χ4n) is 1.69. The highest BCUT2D eigenvalue weighted by Gasteiger charge is 2.27. The van der Waals surface area contributed by atoms with Crippen molar-refractivity contribution in [1.82, 2.24) is 5.32 Å². The summed E-state index contributed by atoms with van der Waals surface area (Å²) in [6, 6.07) is 0.202. The third-order valence-corrected chi connectivity index (χ3v) is 2.48. The molecule has 1 rings (SSSR count). The molecule has 0 aromatic rings. The lowest BCUT2D eigenvalue weighted by molar-refractivity contribution is -0.124. The van der Waals surface area contributed by atoms with E-state index >= 15 is 0 Å². The van der Waals surface area contributed by atoms with Crippen LogP contribution in [0.25, 0.3) is 0 Å². The first-order valence-electron chi connectivity index (χ1n) is 4.88. The summed E-state index contributed by atoms with van der Waals surface area (Å²) in [5.41, 5.74) is 5.70. The van der Waals surface area contributed by atoms with Gasteiger partial charge in [0.05, 0.1) is 0 Å². The van der Waals surface area contributed by atoms with Gasteiger partial charge in [-0.05, 0) is 25.7 Å². The number of rotatable bonds is 4. The normalized spacial score (nSPS) is 27.5. The summed E-state index contributed by atoms with van der Waals surface area (Å²) in [4.78, 5) is 11.4. The highest BCUT2D eigenvalue weighted by Crippen LogP contribution is 2.23. The third kappa shape index (κ3) is 3.32. The van der Waals surface area contributed by atoms with Crippen molar-refractivity contribution in [2.75, 3.05) is 13.2 Å². The van der Waals surface area contributed by atoms with E-state index in [2.05, 4.69) is 5.32 Å². The first-order valence-corrected chi connectivity index (χ1v) is 4.88. The van der Waals surface area contributed by atoms with E-state index in [1.807, 2.05) is 0 Å². The van der Waals surface area contributed by atoms with Crippen molar-refractivity contribution in [3.8, 4) is 0 Å². The van der Waals surface area contributed by atoms with E-state index < -0.39 is 0 Å². The fraction of sp³-hybridized carbons (Fsp3) is 0.889. The van der Waals surface area contributed by atoms with Gasteiger partial charge in [0, 0.05) is 25.1 Å². The number of amides is 1. The van der Waals surface area contributed by atoms with Crippen LogP contribution in [0.1, 0.15) is 25.7 Å². The standard InChI is InChI=1S/C9H18N2O2/c10-8-3-2-7(6-8)9(13)11-4-1-5-12/h7-8,12H,1-6,10H2,(H,11,13). The molecule has 1 amide bonds. The van der Waals surface area contributed by atoms with E-state index in [1.165, 1.54) is 0 Å². The minimum absolute atomic E-state index is 0.0985. The molecule has 2 unspecified atom stereocenters. The van der Waals surface area contributed by atoms with Gasteiger partial charge in [0.2, 0.25) is 5.91 Å². The summed E-state index contributed by atoms with van der Waals surface area (Å²) in [6.07, 6.45) is 3.31. The Morgan fingerprint density at radius 3 is 2.85 bits per heavy atom. The summed E-state index contributed by atoms with van der Waals surface area (Å²) < 4.78 is 0. The zero-order valence-corrected chi connectivity index (χ0v) is 7.83. The number of aliphatic hydroxyl groups is 1. The molecule has 0 aliphatic heterocycles. The topological polar surface area (TPSA) is 75.4 Å². The molecule has 4 heteroatoms. The molecule has 1 aliphatic rings. The lowest BCUT2D eigenvalue weighted by Gasteiger charge is -2.09. The minimum atomic E-state index is 0.0985. The molecule has 2 atom stereocenters. The predicted octanol–water partition coefficient (Wildman–Crippen LogP) is -0.388. The summed E-state index contributed by atoms with van der Waals surface area (Å²) >= 11 is 0. The van der Waals surface area contributed by atoms with Gasteiger partial charge in [0.25, 0.3) is 0 Å². The molecular formula is C9H18N2O2. The molecule has 1 saturated carbocycles. The number of nitrogens with one attached hydrogen (secondary N) is 1. The molecule has 1 aliphatic carbocycles. The zero-order chi connectivity index (χ0) is 9.68. The highest BCUT2D eigenvalue weighted by atomic mass is 16.3. The van der Waals surface area contributed by atoms with Crippen LogP contribution in [0, 0.1) is 5.92 Å². The summed E-state index contributed by atoms with van der Waals surface area (Å²) in [5, 5.41) is 11.3.